The molecule has 27 heavy (non-hydrogen) atoms. The molecule has 0 spiro atoms. The molecule has 3 nitrogen and oxygen atoms in total. The quantitative estimate of drug-likeness (QED) is 0.438. The summed E-state index contributed by atoms with van der Waals surface area (Å²) in [6.07, 6.45) is 0. The number of imidazole rings is 1. The van der Waals surface area contributed by atoms with Gasteiger partial charge in [-0.2, -0.15) is 0 Å². The van der Waals surface area contributed by atoms with Gasteiger partial charge in [0.1, 0.15) is 5.82 Å². The Kier molecular flexibility index (Phi) is 3.65. The molecule has 1 heterocycles. The number of para-hydroxylation sites is 2. The molecule has 0 radical (unpaired) electrons. The molecule has 0 aliphatic rings. The summed E-state index contributed by atoms with van der Waals surface area (Å²) in [5, 5.41) is 2.21. The number of nitrogen functional groups attached to an aromatic ring is 1. The SMILES string of the molecule is Nc1c(-c2nc3ccccc3n2Cc2ccccc2)ccc2ccccc12. The maximum absolute atomic E-state index is 6.58. The molecule has 0 atom stereocenters. The number of fused-ring (bicyclic) bond motifs is 2. The molecule has 130 valence electrons. The summed E-state index contributed by atoms with van der Waals surface area (Å²) in [6.45, 7) is 0.753. The molecular weight excluding hydrogens is 330 g/mol. The molecule has 0 unspecified atom stereocenters. The summed E-state index contributed by atoms with van der Waals surface area (Å²) >= 11 is 0. The third kappa shape index (κ3) is 2.64. The van der Waals surface area contributed by atoms with Crippen molar-refractivity contribution >= 4 is 27.5 Å². The Hall–Kier alpha value is -3.59. The van der Waals surface area contributed by atoms with E-state index in [1.807, 2.05) is 24.3 Å². The lowest BCUT2D eigenvalue weighted by Gasteiger charge is -2.13. The van der Waals surface area contributed by atoms with Crippen LogP contribution < -0.4 is 5.73 Å². The molecule has 2 N–H and O–H groups in total. The van der Waals surface area contributed by atoms with Crippen LogP contribution in [0.25, 0.3) is 33.2 Å². The molecule has 0 bridgehead atoms. The fourth-order valence-corrected chi connectivity index (χ4v) is 3.70. The van der Waals surface area contributed by atoms with Crippen molar-refractivity contribution in [2.75, 3.05) is 5.73 Å². The maximum atomic E-state index is 6.58. The molecule has 0 aliphatic heterocycles. The molecule has 4 aromatic carbocycles. The summed E-state index contributed by atoms with van der Waals surface area (Å²) in [6, 6.07) is 31.1. The largest absolute Gasteiger partial charge is 0.398 e. The van der Waals surface area contributed by atoms with Crippen molar-refractivity contribution in [3.8, 4) is 11.4 Å². The van der Waals surface area contributed by atoms with Gasteiger partial charge in [0.05, 0.1) is 16.7 Å². The Labute approximate surface area is 157 Å². The molecule has 0 saturated heterocycles. The van der Waals surface area contributed by atoms with Crippen molar-refractivity contribution in [3.63, 3.8) is 0 Å². The molecule has 5 rings (SSSR count). The molecule has 5 aromatic rings. The Morgan fingerprint density at radius 2 is 1.48 bits per heavy atom. The Balaban J connectivity index is 1.76. The lowest BCUT2D eigenvalue weighted by atomic mass is 10.0. The van der Waals surface area contributed by atoms with Gasteiger partial charge in [0.2, 0.25) is 0 Å². The van der Waals surface area contributed by atoms with Crippen LogP contribution in [0.3, 0.4) is 0 Å². The number of nitrogens with zero attached hydrogens (tertiary/aromatic N) is 2. The molecule has 3 heteroatoms. The summed E-state index contributed by atoms with van der Waals surface area (Å²) in [5.74, 6) is 0.906. The third-order valence-electron chi connectivity index (χ3n) is 5.05. The molecular formula is C24H19N3. The second kappa shape index (κ2) is 6.29. The van der Waals surface area contributed by atoms with Crippen LogP contribution in [0, 0.1) is 0 Å². The molecule has 0 saturated carbocycles. The highest BCUT2D eigenvalue weighted by atomic mass is 15.1. The second-order valence-corrected chi connectivity index (χ2v) is 6.74. The van der Waals surface area contributed by atoms with Crippen molar-refractivity contribution in [1.29, 1.82) is 0 Å². The zero-order valence-corrected chi connectivity index (χ0v) is 14.8. The number of nitrogens with two attached hydrogens (primary N) is 1. The monoisotopic (exact) mass is 349 g/mol. The summed E-state index contributed by atoms with van der Waals surface area (Å²) in [5.41, 5.74) is 11.7. The van der Waals surface area contributed by atoms with Crippen molar-refractivity contribution in [2.24, 2.45) is 0 Å². The van der Waals surface area contributed by atoms with Crippen LogP contribution in [0.4, 0.5) is 5.69 Å². The highest BCUT2D eigenvalue weighted by Gasteiger charge is 2.16. The summed E-state index contributed by atoms with van der Waals surface area (Å²) in [7, 11) is 0. The highest BCUT2D eigenvalue weighted by molar-refractivity contribution is 6.00. The number of aromatic nitrogens is 2. The van der Waals surface area contributed by atoms with E-state index >= 15 is 0 Å². The minimum absolute atomic E-state index is 0.753. The van der Waals surface area contributed by atoms with Gasteiger partial charge in [0.15, 0.2) is 0 Å². The Morgan fingerprint density at radius 1 is 0.741 bits per heavy atom. The van der Waals surface area contributed by atoms with Crippen LogP contribution in [0.5, 0.6) is 0 Å². The molecule has 0 fully saturated rings. The summed E-state index contributed by atoms with van der Waals surface area (Å²) < 4.78 is 2.26. The smallest absolute Gasteiger partial charge is 0.143 e. The van der Waals surface area contributed by atoms with E-state index < -0.39 is 0 Å². The fourth-order valence-electron chi connectivity index (χ4n) is 3.70. The predicted octanol–water partition coefficient (Wildman–Crippen LogP) is 5.49. The fraction of sp³-hybridized carbons (Fsp3) is 0.0417. The van der Waals surface area contributed by atoms with E-state index in [9.17, 15) is 0 Å². The van der Waals surface area contributed by atoms with Crippen LogP contribution in [-0.2, 0) is 6.54 Å². The van der Waals surface area contributed by atoms with E-state index in [0.717, 1.165) is 45.4 Å². The van der Waals surface area contributed by atoms with Crippen molar-refractivity contribution in [2.45, 2.75) is 6.54 Å². The van der Waals surface area contributed by atoms with Gasteiger partial charge in [-0.25, -0.2) is 4.98 Å². The third-order valence-corrected chi connectivity index (χ3v) is 5.05. The van der Waals surface area contributed by atoms with Crippen molar-refractivity contribution in [1.82, 2.24) is 9.55 Å². The lowest BCUT2D eigenvalue weighted by Crippen LogP contribution is -2.04. The van der Waals surface area contributed by atoms with E-state index in [-0.39, 0.29) is 0 Å². The number of benzene rings is 4. The molecule has 0 aliphatic carbocycles. The molecule has 0 amide bonds. The minimum atomic E-state index is 0.753. The van der Waals surface area contributed by atoms with E-state index in [1.165, 1.54) is 5.56 Å². The van der Waals surface area contributed by atoms with E-state index in [4.69, 9.17) is 10.7 Å². The topological polar surface area (TPSA) is 43.8 Å². The predicted molar refractivity (Wildman–Crippen MR) is 113 cm³/mol. The van der Waals surface area contributed by atoms with Gasteiger partial charge in [-0.3, -0.25) is 0 Å². The minimum Gasteiger partial charge on any atom is -0.398 e. The standard InChI is InChI=1S/C24H19N3/c25-23-19-11-5-4-10-18(19)14-15-20(23)24-26-21-12-6-7-13-22(21)27(24)16-17-8-2-1-3-9-17/h1-15H,16,25H2. The van der Waals surface area contributed by atoms with Gasteiger partial charge in [-0.1, -0.05) is 72.8 Å². The second-order valence-electron chi connectivity index (χ2n) is 6.74. The number of hydrogen-bond acceptors (Lipinski definition) is 2. The van der Waals surface area contributed by atoms with E-state index in [2.05, 4.69) is 71.3 Å². The van der Waals surface area contributed by atoms with Crippen LogP contribution in [-0.4, -0.2) is 9.55 Å². The van der Waals surface area contributed by atoms with Gasteiger partial charge < -0.3 is 10.3 Å². The average molecular weight is 349 g/mol. The van der Waals surface area contributed by atoms with Gasteiger partial charge in [0.25, 0.3) is 0 Å². The zero-order chi connectivity index (χ0) is 18.2. The number of anilines is 1. The van der Waals surface area contributed by atoms with Crippen LogP contribution in [0.2, 0.25) is 0 Å². The average Bonchev–Trinajstić information content (AvgIpc) is 3.08. The molecule has 1 aromatic heterocycles. The zero-order valence-electron chi connectivity index (χ0n) is 14.8. The summed E-state index contributed by atoms with van der Waals surface area (Å²) in [4.78, 5) is 4.93. The van der Waals surface area contributed by atoms with Gasteiger partial charge >= 0.3 is 0 Å². The Bertz CT molecular complexity index is 1250. The normalized spacial score (nSPS) is 11.3. The van der Waals surface area contributed by atoms with Crippen LogP contribution >= 0.6 is 0 Å². The van der Waals surface area contributed by atoms with Crippen LogP contribution in [0.15, 0.2) is 91.0 Å². The number of rotatable bonds is 3. The van der Waals surface area contributed by atoms with Gasteiger partial charge in [-0.15, -0.1) is 0 Å². The van der Waals surface area contributed by atoms with E-state index in [1.54, 1.807) is 0 Å². The highest BCUT2D eigenvalue weighted by Crippen LogP contribution is 2.34. The van der Waals surface area contributed by atoms with Gasteiger partial charge in [0, 0.05) is 17.5 Å². The Morgan fingerprint density at radius 3 is 2.37 bits per heavy atom. The van der Waals surface area contributed by atoms with Crippen molar-refractivity contribution in [3.05, 3.63) is 96.6 Å². The van der Waals surface area contributed by atoms with E-state index in [0.29, 0.717) is 0 Å². The first-order chi connectivity index (χ1) is 13.3. The van der Waals surface area contributed by atoms with Crippen LogP contribution in [0.1, 0.15) is 5.56 Å². The first kappa shape index (κ1) is 15.6. The van der Waals surface area contributed by atoms with Crippen molar-refractivity contribution < 1.29 is 0 Å². The first-order valence-electron chi connectivity index (χ1n) is 9.08. The first-order valence-corrected chi connectivity index (χ1v) is 9.08. The van der Waals surface area contributed by atoms with Gasteiger partial charge in [-0.05, 0) is 29.1 Å². The maximum Gasteiger partial charge on any atom is 0.143 e. The lowest BCUT2D eigenvalue weighted by molar-refractivity contribution is 0.835. The number of hydrogen-bond donors (Lipinski definition) is 1.